The van der Waals surface area contributed by atoms with Crippen molar-refractivity contribution < 1.29 is 19.8 Å². The monoisotopic (exact) mass is 298 g/mol. The van der Waals surface area contributed by atoms with Gasteiger partial charge in [0.15, 0.2) is 6.10 Å². The summed E-state index contributed by atoms with van der Waals surface area (Å²) < 4.78 is 0. The topological polar surface area (TPSA) is 99.5 Å². The highest BCUT2D eigenvalue weighted by molar-refractivity contribution is 7.14. The smallest absolute Gasteiger partial charge is 0.334 e. The molecule has 19 heavy (non-hydrogen) atoms. The molecule has 3 N–H and O–H groups in total. The fraction of sp³-hybridized carbons (Fsp3) is 0.182. The molecule has 1 atom stereocenters. The standard InChI is InChI=1S/C11H10N2O4S2/c14-8(11(16)17)3-12-9(15)7-5-19-10(13-7)6-1-2-18-4-6/h1-2,4-5,8,14H,3H2,(H,12,15)(H,16,17)/t8-/m0/s1. The van der Waals surface area contributed by atoms with E-state index >= 15 is 0 Å². The Bertz CT molecular complexity index is 579. The minimum absolute atomic E-state index is 0.212. The number of carbonyl (C=O) groups excluding carboxylic acids is 1. The summed E-state index contributed by atoms with van der Waals surface area (Å²) in [5, 5.41) is 26.0. The Hall–Kier alpha value is -1.77. The number of amides is 1. The molecule has 2 heterocycles. The van der Waals surface area contributed by atoms with Crippen molar-refractivity contribution in [2.24, 2.45) is 0 Å². The number of nitrogens with one attached hydrogen (secondary N) is 1. The van der Waals surface area contributed by atoms with E-state index in [1.807, 2.05) is 16.8 Å². The molecule has 0 aliphatic carbocycles. The van der Waals surface area contributed by atoms with E-state index in [1.165, 1.54) is 22.7 Å². The minimum Gasteiger partial charge on any atom is -0.479 e. The van der Waals surface area contributed by atoms with Crippen LogP contribution in [-0.4, -0.2) is 39.7 Å². The van der Waals surface area contributed by atoms with Crippen molar-refractivity contribution in [1.29, 1.82) is 0 Å². The number of carboxylic acids is 1. The van der Waals surface area contributed by atoms with Crippen molar-refractivity contribution in [3.63, 3.8) is 0 Å². The number of rotatable bonds is 5. The van der Waals surface area contributed by atoms with Gasteiger partial charge in [0.1, 0.15) is 10.7 Å². The number of nitrogens with zero attached hydrogens (tertiary/aromatic N) is 1. The third kappa shape index (κ3) is 3.37. The third-order valence-electron chi connectivity index (χ3n) is 2.25. The average molecular weight is 298 g/mol. The molecule has 1 amide bonds. The van der Waals surface area contributed by atoms with Crippen molar-refractivity contribution in [3.8, 4) is 10.6 Å². The van der Waals surface area contributed by atoms with Crippen LogP contribution in [0.25, 0.3) is 10.6 Å². The van der Waals surface area contributed by atoms with Crippen LogP contribution in [0.4, 0.5) is 0 Å². The summed E-state index contributed by atoms with van der Waals surface area (Å²) in [4.78, 5) is 26.2. The van der Waals surface area contributed by atoms with Crippen molar-refractivity contribution in [3.05, 3.63) is 27.9 Å². The van der Waals surface area contributed by atoms with E-state index in [-0.39, 0.29) is 12.2 Å². The van der Waals surface area contributed by atoms with Crippen LogP contribution >= 0.6 is 22.7 Å². The van der Waals surface area contributed by atoms with Crippen LogP contribution < -0.4 is 5.32 Å². The van der Waals surface area contributed by atoms with Gasteiger partial charge in [-0.05, 0) is 11.4 Å². The second-order valence-corrected chi connectivity index (χ2v) is 5.25. The molecule has 0 bridgehead atoms. The quantitative estimate of drug-likeness (QED) is 0.766. The molecule has 2 rings (SSSR count). The first kappa shape index (κ1) is 13.7. The molecule has 0 unspecified atom stereocenters. The zero-order valence-electron chi connectivity index (χ0n) is 9.57. The number of aromatic nitrogens is 1. The van der Waals surface area contributed by atoms with Gasteiger partial charge in [0, 0.05) is 16.3 Å². The van der Waals surface area contributed by atoms with Gasteiger partial charge in [-0.2, -0.15) is 11.3 Å². The molecule has 100 valence electrons. The van der Waals surface area contributed by atoms with Crippen molar-refractivity contribution in [2.45, 2.75) is 6.10 Å². The molecule has 0 saturated heterocycles. The second kappa shape index (κ2) is 5.91. The van der Waals surface area contributed by atoms with Crippen molar-refractivity contribution >= 4 is 34.6 Å². The van der Waals surface area contributed by atoms with Crippen LogP contribution in [0.3, 0.4) is 0 Å². The maximum atomic E-state index is 11.7. The summed E-state index contributed by atoms with van der Waals surface area (Å²) in [7, 11) is 0. The van der Waals surface area contributed by atoms with Gasteiger partial charge in [0.25, 0.3) is 5.91 Å². The Balaban J connectivity index is 1.99. The molecule has 0 saturated carbocycles. The van der Waals surface area contributed by atoms with Gasteiger partial charge in [-0.3, -0.25) is 4.79 Å². The van der Waals surface area contributed by atoms with Gasteiger partial charge >= 0.3 is 5.97 Å². The van der Waals surface area contributed by atoms with Crippen LogP contribution in [-0.2, 0) is 4.79 Å². The van der Waals surface area contributed by atoms with Crippen molar-refractivity contribution in [1.82, 2.24) is 10.3 Å². The summed E-state index contributed by atoms with van der Waals surface area (Å²) in [6.07, 6.45) is -1.61. The molecule has 6 nitrogen and oxygen atoms in total. The Morgan fingerprint density at radius 2 is 2.21 bits per heavy atom. The third-order valence-corrected chi connectivity index (χ3v) is 3.82. The zero-order chi connectivity index (χ0) is 13.8. The molecule has 0 spiro atoms. The van der Waals surface area contributed by atoms with Gasteiger partial charge in [-0.15, -0.1) is 11.3 Å². The lowest BCUT2D eigenvalue weighted by molar-refractivity contribution is -0.146. The molecular formula is C11H10N2O4S2. The molecule has 2 aromatic rings. The van der Waals surface area contributed by atoms with E-state index in [1.54, 1.807) is 5.38 Å². The van der Waals surface area contributed by atoms with Gasteiger partial charge < -0.3 is 15.5 Å². The summed E-state index contributed by atoms with van der Waals surface area (Å²) in [5.74, 6) is -1.88. The lowest BCUT2D eigenvalue weighted by atomic mass is 10.3. The maximum absolute atomic E-state index is 11.7. The Morgan fingerprint density at radius 1 is 1.42 bits per heavy atom. The molecule has 0 aliphatic heterocycles. The average Bonchev–Trinajstić information content (AvgIpc) is 3.04. The van der Waals surface area contributed by atoms with E-state index in [0.29, 0.717) is 0 Å². The number of hydrogen-bond acceptors (Lipinski definition) is 6. The highest BCUT2D eigenvalue weighted by atomic mass is 32.1. The van der Waals surface area contributed by atoms with Crippen LogP contribution in [0.5, 0.6) is 0 Å². The predicted octanol–water partition coefficient (Wildman–Crippen LogP) is 1.05. The van der Waals surface area contributed by atoms with E-state index in [2.05, 4.69) is 10.3 Å². The van der Waals surface area contributed by atoms with Crippen LogP contribution in [0, 0.1) is 0 Å². The lowest BCUT2D eigenvalue weighted by Crippen LogP contribution is -2.36. The van der Waals surface area contributed by atoms with E-state index < -0.39 is 18.0 Å². The molecule has 0 aromatic carbocycles. The molecular weight excluding hydrogens is 288 g/mol. The van der Waals surface area contributed by atoms with Gasteiger partial charge in [0.05, 0.1) is 6.54 Å². The number of aliphatic hydroxyl groups excluding tert-OH is 1. The molecule has 2 aromatic heterocycles. The first-order valence-electron chi connectivity index (χ1n) is 5.25. The normalized spacial score (nSPS) is 12.1. The van der Waals surface area contributed by atoms with Crippen LogP contribution in [0.15, 0.2) is 22.2 Å². The van der Waals surface area contributed by atoms with Crippen LogP contribution in [0.2, 0.25) is 0 Å². The van der Waals surface area contributed by atoms with Crippen LogP contribution in [0.1, 0.15) is 10.5 Å². The number of aliphatic carboxylic acids is 1. The van der Waals surface area contributed by atoms with E-state index in [0.717, 1.165) is 10.6 Å². The van der Waals surface area contributed by atoms with Crippen molar-refractivity contribution in [2.75, 3.05) is 6.54 Å². The van der Waals surface area contributed by atoms with Gasteiger partial charge in [-0.1, -0.05) is 0 Å². The summed E-state index contributed by atoms with van der Waals surface area (Å²) in [6.45, 7) is -0.348. The highest BCUT2D eigenvalue weighted by Gasteiger charge is 2.16. The fourth-order valence-corrected chi connectivity index (χ4v) is 2.78. The zero-order valence-corrected chi connectivity index (χ0v) is 11.2. The van der Waals surface area contributed by atoms with E-state index in [9.17, 15) is 9.59 Å². The lowest BCUT2D eigenvalue weighted by Gasteiger charge is -2.05. The number of thiophene rings is 1. The second-order valence-electron chi connectivity index (χ2n) is 3.61. The number of aliphatic hydroxyl groups is 1. The predicted molar refractivity (Wildman–Crippen MR) is 71.4 cm³/mol. The Morgan fingerprint density at radius 3 is 2.84 bits per heavy atom. The molecule has 0 fully saturated rings. The first-order valence-corrected chi connectivity index (χ1v) is 7.07. The number of carbonyl (C=O) groups is 2. The SMILES string of the molecule is O=C(NC[C@H](O)C(=O)O)c1csc(-c2ccsc2)n1. The summed E-state index contributed by atoms with van der Waals surface area (Å²) >= 11 is 2.87. The minimum atomic E-state index is -1.61. The number of thiazole rings is 1. The maximum Gasteiger partial charge on any atom is 0.334 e. The highest BCUT2D eigenvalue weighted by Crippen LogP contribution is 2.25. The molecule has 0 radical (unpaired) electrons. The summed E-state index contributed by atoms with van der Waals surface area (Å²) in [5.41, 5.74) is 1.16. The number of hydrogen-bond donors (Lipinski definition) is 3. The Labute approximate surface area is 116 Å². The van der Waals surface area contributed by atoms with E-state index in [4.69, 9.17) is 10.2 Å². The first-order chi connectivity index (χ1) is 9.08. The molecule has 8 heteroatoms. The largest absolute Gasteiger partial charge is 0.479 e. The Kier molecular flexibility index (Phi) is 4.25. The fourth-order valence-electron chi connectivity index (χ4n) is 1.26. The summed E-state index contributed by atoms with van der Waals surface area (Å²) in [6, 6.07) is 1.90. The number of carboxylic acid groups (broad SMARTS) is 1. The van der Waals surface area contributed by atoms with Gasteiger partial charge in [-0.25, -0.2) is 9.78 Å². The molecule has 0 aliphatic rings. The van der Waals surface area contributed by atoms with Gasteiger partial charge in [0.2, 0.25) is 0 Å².